The second kappa shape index (κ2) is 9.14. The van der Waals surface area contributed by atoms with Gasteiger partial charge in [0, 0.05) is 39.1 Å². The Kier molecular flexibility index (Phi) is 6.09. The first-order valence-corrected chi connectivity index (χ1v) is 17.8. The fourth-order valence-electron chi connectivity index (χ4n) is 11.7. The summed E-state index contributed by atoms with van der Waals surface area (Å²) in [6.07, 6.45) is 28.0. The summed E-state index contributed by atoms with van der Waals surface area (Å²) in [5, 5.41) is 4.14. The van der Waals surface area contributed by atoms with Crippen LogP contribution in [0.1, 0.15) is 116 Å². The van der Waals surface area contributed by atoms with E-state index in [0.717, 1.165) is 74.6 Å². The highest BCUT2D eigenvalue weighted by Gasteiger charge is 2.60. The van der Waals surface area contributed by atoms with E-state index in [2.05, 4.69) is 28.4 Å². The molecule has 8 fully saturated rings. The van der Waals surface area contributed by atoms with Crippen molar-refractivity contribution < 1.29 is 0 Å². The van der Waals surface area contributed by atoms with Crippen LogP contribution in [0.4, 0.5) is 0 Å². The molecule has 8 rings (SSSR count). The van der Waals surface area contributed by atoms with Gasteiger partial charge in [0.25, 0.3) is 0 Å². The summed E-state index contributed by atoms with van der Waals surface area (Å²) in [6, 6.07) is 2.88. The maximum atomic E-state index is 3.35. The van der Waals surface area contributed by atoms with Gasteiger partial charge in [-0.15, -0.1) is 0 Å². The molecule has 0 aromatic rings. The maximum Gasteiger partial charge on any atom is 0.0237 e. The highest BCUT2D eigenvalue weighted by atomic mass is 32.2. The Morgan fingerprint density at radius 3 is 1.91 bits per heavy atom. The van der Waals surface area contributed by atoms with E-state index in [4.69, 9.17) is 0 Å². The number of thioether (sulfide) groups is 2. The van der Waals surface area contributed by atoms with Gasteiger partial charge in [0.05, 0.1) is 0 Å². The van der Waals surface area contributed by atoms with Gasteiger partial charge in [0.15, 0.2) is 0 Å². The highest BCUT2D eigenvalue weighted by molar-refractivity contribution is 8.02. The highest BCUT2D eigenvalue weighted by Crippen LogP contribution is 2.65. The first kappa shape index (κ1) is 22.6. The van der Waals surface area contributed by atoms with Crippen molar-refractivity contribution in [2.75, 3.05) is 0 Å². The van der Waals surface area contributed by atoms with Gasteiger partial charge in [0.2, 0.25) is 0 Å². The molecule has 13 atom stereocenters. The van der Waals surface area contributed by atoms with E-state index in [0.29, 0.717) is 0 Å². The smallest absolute Gasteiger partial charge is 0.0237 e. The zero-order valence-corrected chi connectivity index (χ0v) is 23.1. The topological polar surface area (TPSA) is 3.24 Å². The van der Waals surface area contributed by atoms with Crippen LogP contribution in [-0.4, -0.2) is 44.0 Å². The maximum absolute atomic E-state index is 3.35. The third kappa shape index (κ3) is 3.50. The van der Waals surface area contributed by atoms with Crippen LogP contribution in [0.5, 0.6) is 0 Å². The molecule has 0 bridgehead atoms. The van der Waals surface area contributed by atoms with Crippen LogP contribution in [-0.2, 0) is 0 Å². The number of piperidine rings is 1. The molecule has 0 N–H and O–H groups in total. The Balaban J connectivity index is 1.10. The SMILES string of the molecule is C1CCC2C(C1)CC1CCCCC1N2C1CCCC2C3CCC4SC5CCCCC5C4C3SC21. The van der Waals surface area contributed by atoms with Gasteiger partial charge in [-0.05, 0) is 106 Å². The Morgan fingerprint density at radius 1 is 0.441 bits per heavy atom. The van der Waals surface area contributed by atoms with Crippen molar-refractivity contribution in [3.8, 4) is 0 Å². The van der Waals surface area contributed by atoms with E-state index >= 15 is 0 Å². The first-order valence-electron chi connectivity index (χ1n) is 15.9. The predicted octanol–water partition coefficient (Wildman–Crippen LogP) is 8.16. The van der Waals surface area contributed by atoms with Crippen LogP contribution < -0.4 is 0 Å². The number of nitrogens with zero attached hydrogens (tertiary/aromatic N) is 1. The minimum Gasteiger partial charge on any atom is -0.293 e. The summed E-state index contributed by atoms with van der Waals surface area (Å²) in [6.45, 7) is 0. The van der Waals surface area contributed by atoms with Crippen LogP contribution in [0.3, 0.4) is 0 Å². The van der Waals surface area contributed by atoms with Crippen LogP contribution >= 0.6 is 23.5 Å². The summed E-state index contributed by atoms with van der Waals surface area (Å²) in [5.41, 5.74) is 0. The van der Waals surface area contributed by atoms with E-state index in [1.54, 1.807) is 83.5 Å². The van der Waals surface area contributed by atoms with Crippen molar-refractivity contribution in [1.82, 2.24) is 4.90 Å². The number of likely N-dealkylation sites (tertiary alicyclic amines) is 1. The molecule has 3 aliphatic heterocycles. The molecular weight excluding hydrogens is 450 g/mol. The lowest BCUT2D eigenvalue weighted by Crippen LogP contribution is -2.63. The lowest BCUT2D eigenvalue weighted by molar-refractivity contribution is -0.0762. The quantitative estimate of drug-likeness (QED) is 0.358. The molecule has 8 aliphatic rings. The molecule has 5 saturated carbocycles. The minimum absolute atomic E-state index is 0.945. The molecule has 3 heterocycles. The third-order valence-electron chi connectivity index (χ3n) is 12.8. The van der Waals surface area contributed by atoms with Crippen LogP contribution in [0.25, 0.3) is 0 Å². The fourth-order valence-corrected chi connectivity index (χ4v) is 16.3. The molecular formula is C31H49NS2. The standard InChI is InChI=1S/C31H49NS2/c1-4-12-24-19(8-1)18-20-9-2-5-13-25(20)32(24)26-14-7-11-21-22-16-17-28-29(31(22)34-30(21)26)23-10-3-6-15-27(23)33-28/h19-31H,1-18H2. The molecule has 0 amide bonds. The summed E-state index contributed by atoms with van der Waals surface area (Å²) in [5.74, 6) is 6.48. The molecule has 34 heavy (non-hydrogen) atoms. The Bertz CT molecular complexity index is 734. The minimum atomic E-state index is 0.945. The zero-order chi connectivity index (χ0) is 22.2. The van der Waals surface area contributed by atoms with Gasteiger partial charge < -0.3 is 0 Å². The molecule has 3 heteroatoms. The molecule has 0 radical (unpaired) electrons. The van der Waals surface area contributed by atoms with Gasteiger partial charge in [-0.25, -0.2) is 0 Å². The second-order valence-corrected chi connectivity index (χ2v) is 17.0. The molecule has 13 unspecified atom stereocenters. The van der Waals surface area contributed by atoms with E-state index in [1.165, 1.54) is 32.1 Å². The molecule has 5 aliphatic carbocycles. The normalized spacial score (nSPS) is 57.0. The Morgan fingerprint density at radius 2 is 1.09 bits per heavy atom. The van der Waals surface area contributed by atoms with E-state index < -0.39 is 0 Å². The molecule has 0 spiro atoms. The van der Waals surface area contributed by atoms with E-state index in [1.807, 2.05) is 0 Å². The zero-order valence-electron chi connectivity index (χ0n) is 21.5. The van der Waals surface area contributed by atoms with Crippen molar-refractivity contribution in [2.24, 2.45) is 35.5 Å². The number of hydrogen-bond donors (Lipinski definition) is 0. The molecule has 3 saturated heterocycles. The average Bonchev–Trinajstić information content (AvgIpc) is 3.45. The van der Waals surface area contributed by atoms with Gasteiger partial charge in [0.1, 0.15) is 0 Å². The van der Waals surface area contributed by atoms with Gasteiger partial charge in [-0.2, -0.15) is 23.5 Å². The van der Waals surface area contributed by atoms with Crippen molar-refractivity contribution >= 4 is 23.5 Å². The number of hydrogen-bond acceptors (Lipinski definition) is 3. The Labute approximate surface area is 218 Å². The Hall–Kier alpha value is 0.660. The summed E-state index contributed by atoms with van der Waals surface area (Å²) < 4.78 is 0. The largest absolute Gasteiger partial charge is 0.293 e. The molecule has 0 aromatic heterocycles. The van der Waals surface area contributed by atoms with Crippen molar-refractivity contribution in [1.29, 1.82) is 0 Å². The summed E-state index contributed by atoms with van der Waals surface area (Å²) in [7, 11) is 0. The molecule has 190 valence electrons. The lowest BCUT2D eigenvalue weighted by Gasteiger charge is -2.58. The summed E-state index contributed by atoms with van der Waals surface area (Å²) in [4.78, 5) is 3.35. The van der Waals surface area contributed by atoms with E-state index in [9.17, 15) is 0 Å². The lowest BCUT2D eigenvalue weighted by atomic mass is 9.63. The number of fused-ring (bicyclic) bond motifs is 9. The van der Waals surface area contributed by atoms with Crippen LogP contribution in [0, 0.1) is 35.5 Å². The van der Waals surface area contributed by atoms with Crippen molar-refractivity contribution in [3.63, 3.8) is 0 Å². The van der Waals surface area contributed by atoms with Gasteiger partial charge in [-0.1, -0.05) is 44.9 Å². The van der Waals surface area contributed by atoms with Crippen molar-refractivity contribution in [3.05, 3.63) is 0 Å². The van der Waals surface area contributed by atoms with Crippen LogP contribution in [0.2, 0.25) is 0 Å². The van der Waals surface area contributed by atoms with Gasteiger partial charge >= 0.3 is 0 Å². The molecule has 1 nitrogen and oxygen atoms in total. The second-order valence-electron chi connectivity index (χ2n) is 14.1. The summed E-state index contributed by atoms with van der Waals surface area (Å²) >= 11 is 5.13. The molecule has 0 aromatic carbocycles. The third-order valence-corrected chi connectivity index (χ3v) is 16.6. The number of rotatable bonds is 1. The fraction of sp³-hybridized carbons (Fsp3) is 1.00. The predicted molar refractivity (Wildman–Crippen MR) is 148 cm³/mol. The van der Waals surface area contributed by atoms with Crippen LogP contribution in [0.15, 0.2) is 0 Å². The van der Waals surface area contributed by atoms with E-state index in [-0.39, 0.29) is 0 Å². The monoisotopic (exact) mass is 499 g/mol. The average molecular weight is 500 g/mol. The van der Waals surface area contributed by atoms with Crippen molar-refractivity contribution in [2.45, 2.75) is 155 Å². The van der Waals surface area contributed by atoms with Gasteiger partial charge in [-0.3, -0.25) is 4.90 Å². The first-order chi connectivity index (χ1) is 16.9.